The maximum absolute atomic E-state index is 5.35. The van der Waals surface area contributed by atoms with Crippen LogP contribution in [0.25, 0.3) is 0 Å². The minimum atomic E-state index is -0.236. The van der Waals surface area contributed by atoms with Crippen LogP contribution in [0.2, 0.25) is 0 Å². The quantitative estimate of drug-likeness (QED) is 0.418. The van der Waals surface area contributed by atoms with Gasteiger partial charge in [-0.05, 0) is 5.98 Å². The highest BCUT2D eigenvalue weighted by molar-refractivity contribution is 6.50. The van der Waals surface area contributed by atoms with Crippen LogP contribution >= 0.6 is 0 Å². The molecule has 0 amide bonds. The van der Waals surface area contributed by atoms with E-state index in [0.29, 0.717) is 0 Å². The maximum Gasteiger partial charge on any atom is 0.494 e. The molecule has 0 atom stereocenters. The van der Waals surface area contributed by atoms with Gasteiger partial charge in [0.1, 0.15) is 0 Å². The molecule has 1 saturated heterocycles. The highest BCUT2D eigenvalue weighted by Crippen LogP contribution is 2.21. The first-order valence-corrected chi connectivity index (χ1v) is 3.73. The zero-order chi connectivity index (χ0) is 8.32. The Morgan fingerprint density at radius 1 is 1.45 bits per heavy atom. The van der Waals surface area contributed by atoms with E-state index in [4.69, 9.17) is 9.31 Å². The van der Waals surface area contributed by atoms with Crippen molar-refractivity contribution in [2.75, 3.05) is 13.2 Å². The fourth-order valence-electron chi connectivity index (χ4n) is 0.898. The van der Waals surface area contributed by atoms with Gasteiger partial charge in [0.05, 0.1) is 0 Å². The van der Waals surface area contributed by atoms with Gasteiger partial charge in [-0.3, -0.25) is 0 Å². The molecule has 11 heavy (non-hydrogen) atoms. The van der Waals surface area contributed by atoms with Crippen LogP contribution in [0.15, 0.2) is 18.3 Å². The third-order valence-electron chi connectivity index (χ3n) is 1.53. The summed E-state index contributed by atoms with van der Waals surface area (Å²) in [5.74, 6) is 1.69. The number of rotatable bonds is 1. The van der Waals surface area contributed by atoms with E-state index in [1.54, 1.807) is 5.98 Å². The monoisotopic (exact) mass is 152 g/mol. The van der Waals surface area contributed by atoms with E-state index < -0.39 is 0 Å². The molecule has 0 bridgehead atoms. The molecule has 0 aromatic carbocycles. The summed E-state index contributed by atoms with van der Waals surface area (Å²) < 4.78 is 10.7. The van der Waals surface area contributed by atoms with Crippen molar-refractivity contribution in [3.05, 3.63) is 18.3 Å². The maximum atomic E-state index is 5.35. The van der Waals surface area contributed by atoms with Crippen molar-refractivity contribution in [1.82, 2.24) is 0 Å². The summed E-state index contributed by atoms with van der Waals surface area (Å²) in [5.41, 5.74) is 2.78. The van der Waals surface area contributed by atoms with Crippen LogP contribution in [-0.4, -0.2) is 20.3 Å². The molecule has 1 rings (SSSR count). The van der Waals surface area contributed by atoms with Gasteiger partial charge in [-0.1, -0.05) is 20.4 Å². The lowest BCUT2D eigenvalue weighted by molar-refractivity contribution is 0.0336. The van der Waals surface area contributed by atoms with Gasteiger partial charge >= 0.3 is 7.12 Å². The van der Waals surface area contributed by atoms with Gasteiger partial charge in [-0.25, -0.2) is 0 Å². The molecule has 1 heterocycles. The summed E-state index contributed by atoms with van der Waals surface area (Å²) >= 11 is 0. The van der Waals surface area contributed by atoms with Gasteiger partial charge < -0.3 is 9.31 Å². The van der Waals surface area contributed by atoms with Gasteiger partial charge in [0.25, 0.3) is 0 Å². The zero-order valence-electron chi connectivity index (χ0n) is 7.09. The summed E-state index contributed by atoms with van der Waals surface area (Å²) in [7, 11) is -0.236. The van der Waals surface area contributed by atoms with Gasteiger partial charge in [0.15, 0.2) is 0 Å². The number of hydrogen-bond acceptors (Lipinski definition) is 2. The topological polar surface area (TPSA) is 18.5 Å². The molecule has 0 N–H and O–H groups in total. The molecule has 0 aromatic rings. The molecule has 1 aliphatic heterocycles. The Balaban J connectivity index is 2.42. The first-order valence-electron chi connectivity index (χ1n) is 3.73. The first-order chi connectivity index (χ1) is 5.14. The molecule has 0 aliphatic carbocycles. The molecule has 2 nitrogen and oxygen atoms in total. The molecule has 60 valence electrons. The minimum Gasteiger partial charge on any atom is -0.407 e. The normalized spacial score (nSPS) is 22.5. The lowest BCUT2D eigenvalue weighted by Gasteiger charge is -2.31. The van der Waals surface area contributed by atoms with Crippen molar-refractivity contribution in [2.45, 2.75) is 13.8 Å². The predicted octanol–water partition coefficient (Wildman–Crippen LogP) is 1.43. The van der Waals surface area contributed by atoms with Gasteiger partial charge in [0, 0.05) is 18.6 Å². The number of hydrogen-bond donors (Lipinski definition) is 0. The second kappa shape index (κ2) is 3.27. The molecule has 1 fully saturated rings. The lowest BCUT2D eigenvalue weighted by Crippen LogP contribution is -2.39. The van der Waals surface area contributed by atoms with Crippen molar-refractivity contribution < 1.29 is 9.31 Å². The molecular formula is C8H13BO2. The third-order valence-corrected chi connectivity index (χ3v) is 1.53. The molecule has 0 saturated carbocycles. The zero-order valence-corrected chi connectivity index (χ0v) is 7.09. The molecule has 0 unspecified atom stereocenters. The molecular weight excluding hydrogens is 139 g/mol. The van der Waals surface area contributed by atoms with Crippen molar-refractivity contribution in [3.8, 4) is 0 Å². The predicted molar refractivity (Wildman–Crippen MR) is 45.1 cm³/mol. The summed E-state index contributed by atoms with van der Waals surface area (Å²) in [5, 5.41) is 0. The summed E-state index contributed by atoms with van der Waals surface area (Å²) in [4.78, 5) is 0. The Kier molecular flexibility index (Phi) is 2.55. The molecule has 0 radical (unpaired) electrons. The molecule has 3 heteroatoms. The largest absolute Gasteiger partial charge is 0.494 e. The van der Waals surface area contributed by atoms with Crippen molar-refractivity contribution in [3.63, 3.8) is 0 Å². The Bertz CT molecular complexity index is 173. The van der Waals surface area contributed by atoms with E-state index in [0.717, 1.165) is 13.2 Å². The average molecular weight is 152 g/mol. The second-order valence-electron chi connectivity index (χ2n) is 3.53. The van der Waals surface area contributed by atoms with Crippen LogP contribution in [-0.2, 0) is 9.31 Å². The fourth-order valence-corrected chi connectivity index (χ4v) is 0.898. The van der Waals surface area contributed by atoms with Crippen molar-refractivity contribution in [1.29, 1.82) is 0 Å². The highest BCUT2D eigenvalue weighted by atomic mass is 16.6. The van der Waals surface area contributed by atoms with Crippen molar-refractivity contribution in [2.24, 2.45) is 5.41 Å². The summed E-state index contributed by atoms with van der Waals surface area (Å²) in [6.45, 7) is 9.14. The van der Waals surface area contributed by atoms with Crippen LogP contribution in [0.4, 0.5) is 0 Å². The van der Waals surface area contributed by atoms with Crippen LogP contribution < -0.4 is 0 Å². The van der Waals surface area contributed by atoms with Crippen LogP contribution in [0.5, 0.6) is 0 Å². The van der Waals surface area contributed by atoms with E-state index >= 15 is 0 Å². The van der Waals surface area contributed by atoms with Gasteiger partial charge in [0.2, 0.25) is 0 Å². The van der Waals surface area contributed by atoms with Gasteiger partial charge in [-0.15, -0.1) is 5.73 Å². The first kappa shape index (κ1) is 8.60. The molecule has 0 spiro atoms. The average Bonchev–Trinajstić information content (AvgIpc) is 1.94. The lowest BCUT2D eigenvalue weighted by atomic mass is 9.84. The van der Waals surface area contributed by atoms with E-state index in [1.165, 1.54) is 0 Å². The van der Waals surface area contributed by atoms with E-state index in [2.05, 4.69) is 26.2 Å². The third kappa shape index (κ3) is 2.54. The van der Waals surface area contributed by atoms with E-state index in [-0.39, 0.29) is 12.5 Å². The van der Waals surface area contributed by atoms with Crippen molar-refractivity contribution >= 4 is 7.12 Å². The minimum absolute atomic E-state index is 0.144. The van der Waals surface area contributed by atoms with E-state index in [9.17, 15) is 0 Å². The summed E-state index contributed by atoms with van der Waals surface area (Å²) in [6.07, 6.45) is 0. The van der Waals surface area contributed by atoms with Crippen LogP contribution in [0.3, 0.4) is 0 Å². The SMILES string of the molecule is C=C=CB1OCC(C)(C)CO1. The standard InChI is InChI=1S/C8H13BO2/c1-4-5-9-10-6-8(2,3)7-11-9/h5H,1,6-7H2,2-3H3. The Morgan fingerprint density at radius 2 is 2.00 bits per heavy atom. The Morgan fingerprint density at radius 3 is 2.45 bits per heavy atom. The van der Waals surface area contributed by atoms with Crippen LogP contribution in [0, 0.1) is 5.41 Å². The molecule has 1 aliphatic rings. The van der Waals surface area contributed by atoms with Gasteiger partial charge in [-0.2, -0.15) is 0 Å². The Labute approximate surface area is 68.0 Å². The smallest absolute Gasteiger partial charge is 0.407 e. The highest BCUT2D eigenvalue weighted by Gasteiger charge is 2.30. The second-order valence-corrected chi connectivity index (χ2v) is 3.53. The van der Waals surface area contributed by atoms with Crippen LogP contribution in [0.1, 0.15) is 13.8 Å². The fraction of sp³-hybridized carbons (Fsp3) is 0.625. The van der Waals surface area contributed by atoms with E-state index in [1.807, 2.05) is 0 Å². The summed E-state index contributed by atoms with van der Waals surface area (Å²) in [6, 6.07) is 0. The molecule has 0 aromatic heterocycles. The Hall–Kier alpha value is -0.495.